The van der Waals surface area contributed by atoms with Crippen LogP contribution in [-0.2, 0) is 21.4 Å². The Morgan fingerprint density at radius 2 is 2.04 bits per heavy atom. The number of sulfonamides is 1. The summed E-state index contributed by atoms with van der Waals surface area (Å²) >= 11 is 1.60. The van der Waals surface area contributed by atoms with E-state index in [-0.39, 0.29) is 16.6 Å². The van der Waals surface area contributed by atoms with Crippen LogP contribution in [0.15, 0.2) is 58.5 Å². The Hall–Kier alpha value is -2.39. The van der Waals surface area contributed by atoms with Gasteiger partial charge in [-0.1, -0.05) is 18.2 Å². The molecular weight excluding hydrogens is 384 g/mol. The summed E-state index contributed by atoms with van der Waals surface area (Å²) in [6.07, 6.45) is 4.11. The summed E-state index contributed by atoms with van der Waals surface area (Å²) in [4.78, 5) is 21.5. The molecule has 0 saturated heterocycles. The molecule has 27 heavy (non-hydrogen) atoms. The Bertz CT molecular complexity index is 946. The molecule has 0 saturated carbocycles. The maximum atomic E-state index is 12.7. The Morgan fingerprint density at radius 1 is 1.26 bits per heavy atom. The van der Waals surface area contributed by atoms with E-state index in [4.69, 9.17) is 0 Å². The van der Waals surface area contributed by atoms with Crippen LogP contribution in [0.5, 0.6) is 0 Å². The molecule has 0 unspecified atom stereocenters. The number of nitrogens with one attached hydrogen (secondary N) is 2. The van der Waals surface area contributed by atoms with Crippen molar-refractivity contribution in [3.8, 4) is 0 Å². The molecule has 0 fully saturated rings. The number of nitrogens with zero attached hydrogens (tertiary/aromatic N) is 2. The summed E-state index contributed by atoms with van der Waals surface area (Å²) in [5.41, 5.74) is 1.23. The fourth-order valence-electron chi connectivity index (χ4n) is 2.67. The van der Waals surface area contributed by atoms with Gasteiger partial charge in [0.25, 0.3) is 10.0 Å². The molecule has 1 amide bonds. The highest BCUT2D eigenvalue weighted by atomic mass is 32.2. The molecule has 2 heterocycles. The zero-order valence-electron chi connectivity index (χ0n) is 14.8. The predicted octanol–water partition coefficient (Wildman–Crippen LogP) is 1.56. The summed E-state index contributed by atoms with van der Waals surface area (Å²) < 4.78 is 26.9. The largest absolute Gasteiger partial charge is 0.349 e. The Balaban J connectivity index is 1.81. The number of aromatic nitrogens is 1. The van der Waals surface area contributed by atoms with Crippen molar-refractivity contribution in [1.29, 1.82) is 0 Å². The van der Waals surface area contributed by atoms with Crippen molar-refractivity contribution in [3.63, 3.8) is 0 Å². The number of amidine groups is 1. The lowest BCUT2D eigenvalue weighted by atomic mass is 10.2. The van der Waals surface area contributed by atoms with E-state index >= 15 is 0 Å². The molecule has 0 spiro atoms. The Kier molecular flexibility index (Phi) is 6.12. The minimum absolute atomic E-state index is 0.182. The number of fused-ring (bicyclic) bond motifs is 1. The van der Waals surface area contributed by atoms with Crippen molar-refractivity contribution in [2.24, 2.45) is 4.99 Å². The van der Waals surface area contributed by atoms with Gasteiger partial charge in [0.2, 0.25) is 5.91 Å². The van der Waals surface area contributed by atoms with Crippen LogP contribution in [0.4, 0.5) is 0 Å². The third-order valence-electron chi connectivity index (χ3n) is 4.02. The van der Waals surface area contributed by atoms with Gasteiger partial charge in [-0.25, -0.2) is 8.42 Å². The molecule has 1 aliphatic rings. The first-order valence-corrected chi connectivity index (χ1v) is 11.3. The van der Waals surface area contributed by atoms with Gasteiger partial charge >= 0.3 is 0 Å². The van der Waals surface area contributed by atoms with Crippen LogP contribution >= 0.6 is 11.8 Å². The van der Waals surface area contributed by atoms with Crippen LogP contribution in [0.25, 0.3) is 0 Å². The zero-order chi connectivity index (χ0) is 19.3. The summed E-state index contributed by atoms with van der Waals surface area (Å²) in [7, 11) is -3.63. The topological polar surface area (TPSA) is 101 Å². The van der Waals surface area contributed by atoms with Gasteiger partial charge in [-0.15, -0.1) is 0 Å². The second-order valence-corrected chi connectivity index (χ2v) is 8.55. The van der Waals surface area contributed by atoms with Crippen molar-refractivity contribution >= 4 is 33.5 Å². The lowest BCUT2D eigenvalue weighted by Crippen LogP contribution is -2.35. The highest BCUT2D eigenvalue weighted by Gasteiger charge is 2.31. The zero-order valence-corrected chi connectivity index (χ0v) is 16.4. The lowest BCUT2D eigenvalue weighted by Gasteiger charge is -2.13. The maximum Gasteiger partial charge on any atom is 0.263 e. The van der Waals surface area contributed by atoms with Crippen LogP contribution in [-0.4, -0.2) is 43.2 Å². The minimum atomic E-state index is -3.63. The summed E-state index contributed by atoms with van der Waals surface area (Å²) in [6, 6.07) is 11.4. The van der Waals surface area contributed by atoms with Crippen molar-refractivity contribution < 1.29 is 13.2 Å². The number of carbonyl (C=O) groups excluding carboxylic acids is 1. The monoisotopic (exact) mass is 404 g/mol. The molecule has 3 rings (SSSR count). The number of amides is 1. The average molecular weight is 405 g/mol. The van der Waals surface area contributed by atoms with E-state index in [9.17, 15) is 13.2 Å². The SMILES string of the molecule is CSCC[C@H](N=C1NS(=O)(=O)c2ccccc21)C(=O)NCc1ccccn1. The van der Waals surface area contributed by atoms with Crippen LogP contribution in [0, 0.1) is 0 Å². The summed E-state index contributed by atoms with van der Waals surface area (Å²) in [5.74, 6) is 0.683. The average Bonchev–Trinajstić information content (AvgIpc) is 2.94. The van der Waals surface area contributed by atoms with E-state index in [0.29, 0.717) is 18.5 Å². The predicted molar refractivity (Wildman–Crippen MR) is 106 cm³/mol. The Morgan fingerprint density at radius 3 is 2.78 bits per heavy atom. The van der Waals surface area contributed by atoms with E-state index in [1.165, 1.54) is 6.07 Å². The van der Waals surface area contributed by atoms with E-state index in [1.807, 2.05) is 24.5 Å². The van der Waals surface area contributed by atoms with Gasteiger partial charge in [0.15, 0.2) is 0 Å². The smallest absolute Gasteiger partial charge is 0.263 e. The molecular formula is C18H20N4O3S2. The highest BCUT2D eigenvalue weighted by molar-refractivity contribution is 7.98. The van der Waals surface area contributed by atoms with Crippen molar-refractivity contribution in [2.45, 2.75) is 23.9 Å². The third-order valence-corrected chi connectivity index (χ3v) is 6.06. The van der Waals surface area contributed by atoms with Gasteiger partial charge in [0.05, 0.1) is 17.1 Å². The summed E-state index contributed by atoms with van der Waals surface area (Å²) in [6.45, 7) is 0.294. The van der Waals surface area contributed by atoms with E-state index in [0.717, 1.165) is 11.4 Å². The van der Waals surface area contributed by atoms with Gasteiger partial charge in [0.1, 0.15) is 11.9 Å². The maximum absolute atomic E-state index is 12.7. The number of hydrogen-bond donors (Lipinski definition) is 2. The van der Waals surface area contributed by atoms with Gasteiger partial charge in [-0.05, 0) is 42.7 Å². The second kappa shape index (κ2) is 8.53. The molecule has 2 N–H and O–H groups in total. The fourth-order valence-corrected chi connectivity index (χ4v) is 4.37. The number of aliphatic imine (C=N–C) groups is 1. The van der Waals surface area contributed by atoms with Gasteiger partial charge in [-0.3, -0.25) is 19.5 Å². The van der Waals surface area contributed by atoms with Crippen LogP contribution in [0.2, 0.25) is 0 Å². The molecule has 1 aromatic carbocycles. The van der Waals surface area contributed by atoms with E-state index < -0.39 is 16.1 Å². The molecule has 142 valence electrons. The van der Waals surface area contributed by atoms with Crippen LogP contribution in [0.3, 0.4) is 0 Å². The number of hydrogen-bond acceptors (Lipinski definition) is 6. The molecule has 1 atom stereocenters. The molecule has 1 aliphatic heterocycles. The first-order valence-electron chi connectivity index (χ1n) is 8.38. The second-order valence-electron chi connectivity index (χ2n) is 5.92. The van der Waals surface area contributed by atoms with Crippen molar-refractivity contribution in [2.75, 3.05) is 12.0 Å². The molecule has 0 radical (unpaired) electrons. The number of thioether (sulfide) groups is 1. The number of pyridine rings is 1. The van der Waals surface area contributed by atoms with E-state index in [2.05, 4.69) is 20.0 Å². The van der Waals surface area contributed by atoms with Gasteiger partial charge < -0.3 is 5.32 Å². The molecule has 2 aromatic rings. The fraction of sp³-hybridized carbons (Fsp3) is 0.278. The number of carbonyl (C=O) groups is 1. The van der Waals surface area contributed by atoms with Crippen molar-refractivity contribution in [1.82, 2.24) is 15.0 Å². The minimum Gasteiger partial charge on any atom is -0.349 e. The van der Waals surface area contributed by atoms with Crippen molar-refractivity contribution in [3.05, 3.63) is 59.9 Å². The van der Waals surface area contributed by atoms with Gasteiger partial charge in [-0.2, -0.15) is 11.8 Å². The molecule has 0 bridgehead atoms. The van der Waals surface area contributed by atoms with Crippen LogP contribution < -0.4 is 10.0 Å². The number of benzene rings is 1. The third kappa shape index (κ3) is 4.67. The quantitative estimate of drug-likeness (QED) is 0.729. The molecule has 7 nitrogen and oxygen atoms in total. The standard InChI is InChI=1S/C18H20N4O3S2/c1-26-11-9-15(18(23)20-12-13-6-4-5-10-19-13)21-17-14-7-2-3-8-16(14)27(24,25)22-17/h2-8,10,15H,9,11-12H2,1H3,(H,20,23)(H,21,22)/t15-/m0/s1. The Labute approximate surface area is 162 Å². The van der Waals surface area contributed by atoms with Gasteiger partial charge in [0, 0.05) is 11.8 Å². The molecule has 1 aromatic heterocycles. The number of rotatable bonds is 7. The molecule has 0 aliphatic carbocycles. The first kappa shape index (κ1) is 19.4. The summed E-state index contributed by atoms with van der Waals surface area (Å²) in [5, 5.41) is 2.83. The highest BCUT2D eigenvalue weighted by Crippen LogP contribution is 2.23. The normalized spacial score (nSPS) is 17.1. The lowest BCUT2D eigenvalue weighted by molar-refractivity contribution is -0.122. The van der Waals surface area contributed by atoms with E-state index in [1.54, 1.807) is 36.2 Å². The first-order chi connectivity index (χ1) is 13.0. The molecule has 9 heteroatoms. The van der Waals surface area contributed by atoms with Crippen LogP contribution in [0.1, 0.15) is 17.7 Å².